The van der Waals surface area contributed by atoms with E-state index in [9.17, 15) is 4.11 Å². The molecule has 40 valence electrons. The Kier molecular flexibility index (Phi) is 4.30. The first-order chi connectivity index (χ1) is 2.00. The fraction of sp³-hybridized carbons (Fsp3) is 0. The summed E-state index contributed by atoms with van der Waals surface area (Å²) in [6.07, 6.45) is 0. The van der Waals surface area contributed by atoms with Crippen LogP contribution in [0.2, 0.25) is 0 Å². The Hall–Kier alpha value is 0.520. The summed E-state index contributed by atoms with van der Waals surface area (Å²) in [6.45, 7) is 0. The SMILES string of the molecule is [Ni+2].[O-][Si]([O-])(O)F. The number of rotatable bonds is 0. The topological polar surface area (TPSA) is 66.3 Å². The third-order valence-corrected chi connectivity index (χ3v) is 0. The molecule has 0 saturated heterocycles. The fourth-order valence-electron chi connectivity index (χ4n) is 0. The second-order valence-electron chi connectivity index (χ2n) is 0.505. The largest absolute Gasteiger partial charge is 2.00 e. The average Bonchev–Trinajstić information content (AvgIpc) is 0.722. The number of hydrogen-bond donors (Lipinski definition) is 1. The molecule has 0 unspecified atom stereocenters. The zero-order valence-electron chi connectivity index (χ0n) is 2.46. The summed E-state index contributed by atoms with van der Waals surface area (Å²) in [6, 6.07) is 0. The monoisotopic (exact) mass is 154 g/mol. The minimum Gasteiger partial charge on any atom is -0.825 e. The number of hydrogen-bond acceptors (Lipinski definition) is 3. The summed E-state index contributed by atoms with van der Waals surface area (Å²) < 4.78 is 10.3. The molecule has 6 heavy (non-hydrogen) atoms. The van der Waals surface area contributed by atoms with E-state index in [1.165, 1.54) is 0 Å². The Morgan fingerprint density at radius 3 is 1.50 bits per heavy atom. The van der Waals surface area contributed by atoms with Crippen LogP contribution in [0.1, 0.15) is 0 Å². The molecule has 0 saturated carbocycles. The van der Waals surface area contributed by atoms with Gasteiger partial charge in [0.05, 0.1) is 0 Å². The van der Waals surface area contributed by atoms with E-state index in [0.717, 1.165) is 0 Å². The first-order valence-corrected chi connectivity index (χ1v) is 2.46. The maximum Gasteiger partial charge on any atom is 2.00 e. The molecule has 0 aliphatic rings. The predicted molar refractivity (Wildman–Crippen MR) is 9.08 cm³/mol. The Labute approximate surface area is 44.9 Å². The molecule has 3 nitrogen and oxygen atoms in total. The Bertz CT molecular complexity index is 26.3. The molecule has 0 spiro atoms. The van der Waals surface area contributed by atoms with Crippen molar-refractivity contribution in [2.24, 2.45) is 0 Å². The van der Waals surface area contributed by atoms with E-state index in [4.69, 9.17) is 14.4 Å². The van der Waals surface area contributed by atoms with Crippen LogP contribution in [0, 0.1) is 0 Å². The zero-order valence-corrected chi connectivity index (χ0v) is 4.45. The van der Waals surface area contributed by atoms with E-state index in [0.29, 0.717) is 0 Å². The van der Waals surface area contributed by atoms with E-state index in [1.54, 1.807) is 0 Å². The minimum atomic E-state index is -5.61. The van der Waals surface area contributed by atoms with Crippen molar-refractivity contribution in [1.82, 2.24) is 0 Å². The summed E-state index contributed by atoms with van der Waals surface area (Å²) in [4.78, 5) is 24.0. The van der Waals surface area contributed by atoms with E-state index < -0.39 is 9.14 Å². The van der Waals surface area contributed by atoms with Crippen molar-refractivity contribution < 1.29 is 35.0 Å². The fourth-order valence-corrected chi connectivity index (χ4v) is 0. The van der Waals surface area contributed by atoms with Crippen LogP contribution in [0.3, 0.4) is 0 Å². The minimum absolute atomic E-state index is 0. The van der Waals surface area contributed by atoms with Crippen molar-refractivity contribution in [1.29, 1.82) is 0 Å². The van der Waals surface area contributed by atoms with Gasteiger partial charge in [-0.25, -0.2) is 0 Å². The normalized spacial score (nSPS) is 10.0. The van der Waals surface area contributed by atoms with Crippen molar-refractivity contribution in [2.45, 2.75) is 0 Å². The predicted octanol–water partition coefficient (Wildman–Crippen LogP) is -2.90. The summed E-state index contributed by atoms with van der Waals surface area (Å²) >= 11 is 0. The van der Waals surface area contributed by atoms with Crippen LogP contribution < -0.4 is 9.59 Å². The van der Waals surface area contributed by atoms with E-state index in [2.05, 4.69) is 0 Å². The third-order valence-electron chi connectivity index (χ3n) is 0. The van der Waals surface area contributed by atoms with Gasteiger partial charge in [0.25, 0.3) is 0 Å². The van der Waals surface area contributed by atoms with Gasteiger partial charge in [-0.2, -0.15) is 0 Å². The molecule has 0 heterocycles. The van der Waals surface area contributed by atoms with Crippen LogP contribution in [0.15, 0.2) is 0 Å². The van der Waals surface area contributed by atoms with Gasteiger partial charge in [0.1, 0.15) is 0 Å². The molecule has 0 amide bonds. The van der Waals surface area contributed by atoms with Gasteiger partial charge in [-0.1, -0.05) is 0 Å². The summed E-state index contributed by atoms with van der Waals surface area (Å²) in [5, 5.41) is 0. The van der Waals surface area contributed by atoms with Gasteiger partial charge in [-0.05, 0) is 0 Å². The van der Waals surface area contributed by atoms with Gasteiger partial charge in [0.15, 0.2) is 0 Å². The van der Waals surface area contributed by atoms with Crippen LogP contribution in [0.4, 0.5) is 4.11 Å². The molecule has 0 aromatic heterocycles. The second kappa shape index (κ2) is 2.65. The Balaban J connectivity index is 0. The summed E-state index contributed by atoms with van der Waals surface area (Å²) in [7, 11) is -5.61. The molecular formula is HFNiO3Si. The van der Waals surface area contributed by atoms with E-state index in [1.807, 2.05) is 0 Å². The van der Waals surface area contributed by atoms with Crippen LogP contribution >= 0.6 is 0 Å². The van der Waals surface area contributed by atoms with Gasteiger partial charge >= 0.3 is 16.5 Å². The van der Waals surface area contributed by atoms with E-state index in [-0.39, 0.29) is 16.5 Å². The summed E-state index contributed by atoms with van der Waals surface area (Å²) in [5.41, 5.74) is 0. The van der Waals surface area contributed by atoms with Gasteiger partial charge in [-0.3, -0.25) is 0 Å². The third kappa shape index (κ3) is 207. The standard InChI is InChI=1S/FHO3Si.Ni/c1-5(2,3)4;/h2H;/q-2;+2. The first kappa shape index (κ1) is 9.72. The molecule has 0 aliphatic heterocycles. The molecule has 6 heteroatoms. The van der Waals surface area contributed by atoms with Crippen molar-refractivity contribution in [3.63, 3.8) is 0 Å². The smallest absolute Gasteiger partial charge is 0.825 e. The molecule has 1 N–H and O–H groups in total. The number of halogens is 1. The second-order valence-corrected chi connectivity index (χ2v) is 1.51. The maximum absolute atomic E-state index is 10.3. The molecule has 0 radical (unpaired) electrons. The van der Waals surface area contributed by atoms with Crippen molar-refractivity contribution in [3.8, 4) is 0 Å². The van der Waals surface area contributed by atoms with Crippen LogP contribution in [-0.2, 0) is 16.5 Å². The molecule has 0 fully saturated rings. The molecular weight excluding hydrogens is 154 g/mol. The maximum atomic E-state index is 10.3. The average molecular weight is 155 g/mol. The molecule has 0 aromatic rings. The van der Waals surface area contributed by atoms with Crippen LogP contribution in [0.5, 0.6) is 0 Å². The van der Waals surface area contributed by atoms with Gasteiger partial charge < -0.3 is 18.5 Å². The Morgan fingerprint density at radius 1 is 1.50 bits per heavy atom. The molecule has 0 aliphatic carbocycles. The Morgan fingerprint density at radius 2 is 1.50 bits per heavy atom. The molecule has 0 aromatic carbocycles. The zero-order chi connectivity index (χ0) is 4.50. The molecule has 0 atom stereocenters. The van der Waals surface area contributed by atoms with Crippen molar-refractivity contribution in [2.75, 3.05) is 0 Å². The van der Waals surface area contributed by atoms with Gasteiger partial charge in [-0.15, -0.1) is 0 Å². The summed E-state index contributed by atoms with van der Waals surface area (Å²) in [5.74, 6) is 0. The van der Waals surface area contributed by atoms with Crippen molar-refractivity contribution >= 4 is 9.14 Å². The van der Waals surface area contributed by atoms with Crippen molar-refractivity contribution in [3.05, 3.63) is 0 Å². The van der Waals surface area contributed by atoms with Gasteiger partial charge in [0.2, 0.25) is 9.14 Å². The van der Waals surface area contributed by atoms with Crippen LogP contribution in [-0.4, -0.2) is 13.9 Å². The first-order valence-electron chi connectivity index (χ1n) is 0.821. The van der Waals surface area contributed by atoms with Crippen LogP contribution in [0.25, 0.3) is 0 Å². The van der Waals surface area contributed by atoms with Gasteiger partial charge in [0, 0.05) is 0 Å². The molecule has 0 bridgehead atoms. The quantitative estimate of drug-likeness (QED) is 0.301. The van der Waals surface area contributed by atoms with E-state index >= 15 is 0 Å². The molecule has 0 rings (SSSR count).